The predicted octanol–water partition coefficient (Wildman–Crippen LogP) is 8.30. The van der Waals surface area contributed by atoms with Gasteiger partial charge in [0, 0.05) is 47.7 Å². The monoisotopic (exact) mass is 587 g/mol. The first-order chi connectivity index (χ1) is 21.0. The summed E-state index contributed by atoms with van der Waals surface area (Å²) in [6, 6.07) is 35.0. The largest absolute Gasteiger partial charge is 0.457 e. The second-order valence-electron chi connectivity index (χ2n) is 10.8. The highest BCUT2D eigenvalue weighted by molar-refractivity contribution is 7.80. The number of hydrogen-bond donors (Lipinski definition) is 1. The second-order valence-corrected chi connectivity index (χ2v) is 11.1. The zero-order chi connectivity index (χ0) is 29.9. The number of benzene rings is 3. The van der Waals surface area contributed by atoms with Gasteiger partial charge in [0.05, 0.1) is 17.8 Å². The molecule has 0 bridgehead atoms. The summed E-state index contributed by atoms with van der Waals surface area (Å²) in [5.41, 5.74) is 7.89. The van der Waals surface area contributed by atoms with E-state index in [0.717, 1.165) is 41.7 Å². The van der Waals surface area contributed by atoms with Gasteiger partial charge in [0.2, 0.25) is 0 Å². The number of anilines is 2. The molecule has 3 heterocycles. The maximum atomic E-state index is 6.07. The maximum absolute atomic E-state index is 6.07. The van der Waals surface area contributed by atoms with Crippen LogP contribution in [0.4, 0.5) is 11.4 Å². The van der Waals surface area contributed by atoms with Crippen molar-refractivity contribution in [3.63, 3.8) is 0 Å². The molecule has 1 fully saturated rings. The van der Waals surface area contributed by atoms with Crippen molar-refractivity contribution in [2.75, 3.05) is 22.9 Å². The molecule has 2 aromatic heterocycles. The number of nitrogens with one attached hydrogen (secondary N) is 1. The van der Waals surface area contributed by atoms with Crippen molar-refractivity contribution in [3.05, 3.63) is 132 Å². The third kappa shape index (κ3) is 5.60. The summed E-state index contributed by atoms with van der Waals surface area (Å²) in [6.07, 6.45) is 1.84. The zero-order valence-electron chi connectivity index (χ0n) is 25.1. The topological polar surface area (TPSA) is 45.6 Å². The molecule has 5 aromatic rings. The molecule has 2 atom stereocenters. The third-order valence-corrected chi connectivity index (χ3v) is 8.53. The molecule has 0 spiro atoms. The van der Waals surface area contributed by atoms with E-state index in [2.05, 4.69) is 95.9 Å². The van der Waals surface area contributed by atoms with Crippen LogP contribution in [0.15, 0.2) is 109 Å². The molecule has 6 rings (SSSR count). The van der Waals surface area contributed by atoms with Crippen LogP contribution in [-0.2, 0) is 0 Å². The summed E-state index contributed by atoms with van der Waals surface area (Å²) in [6.45, 7) is 10.7. The Morgan fingerprint density at radius 3 is 2.12 bits per heavy atom. The Bertz CT molecular complexity index is 1680. The van der Waals surface area contributed by atoms with Crippen molar-refractivity contribution in [2.24, 2.45) is 0 Å². The highest BCUT2D eigenvalue weighted by Gasteiger charge is 2.42. The van der Waals surface area contributed by atoms with Gasteiger partial charge in [-0.3, -0.25) is 4.98 Å². The molecular weight excluding hydrogens is 550 g/mol. The quantitative estimate of drug-likeness (QED) is 0.175. The summed E-state index contributed by atoms with van der Waals surface area (Å²) in [7, 11) is 0. The van der Waals surface area contributed by atoms with Crippen LogP contribution in [0, 0.1) is 13.8 Å². The smallest absolute Gasteiger partial charge is 0.174 e. The number of aryl methyl sites for hydroxylation is 1. The van der Waals surface area contributed by atoms with E-state index in [1.54, 1.807) is 0 Å². The van der Waals surface area contributed by atoms with Crippen molar-refractivity contribution in [1.82, 2.24) is 14.9 Å². The summed E-state index contributed by atoms with van der Waals surface area (Å²) in [5.74, 6) is 1.58. The molecule has 1 aliphatic heterocycles. The Hall–Kier alpha value is -4.62. The number of thiocarbonyl (C=S) groups is 1. The van der Waals surface area contributed by atoms with Crippen LogP contribution in [0.25, 0.3) is 5.69 Å². The first-order valence-electron chi connectivity index (χ1n) is 14.9. The van der Waals surface area contributed by atoms with Gasteiger partial charge >= 0.3 is 0 Å². The lowest BCUT2D eigenvalue weighted by Gasteiger charge is -2.28. The number of hydrogen-bond acceptors (Lipinski definition) is 4. The van der Waals surface area contributed by atoms with E-state index < -0.39 is 0 Å². The Balaban J connectivity index is 1.39. The molecular formula is C36H37N5OS. The van der Waals surface area contributed by atoms with E-state index >= 15 is 0 Å². The van der Waals surface area contributed by atoms with E-state index in [1.807, 2.05) is 60.8 Å². The number of ether oxygens (including phenoxy) is 1. The minimum absolute atomic E-state index is 0.0989. The van der Waals surface area contributed by atoms with Crippen LogP contribution < -0.4 is 19.9 Å². The summed E-state index contributed by atoms with van der Waals surface area (Å²) in [5, 5.41) is 4.27. The Morgan fingerprint density at radius 2 is 1.47 bits per heavy atom. The van der Waals surface area contributed by atoms with Crippen LogP contribution in [-0.4, -0.2) is 27.8 Å². The van der Waals surface area contributed by atoms with E-state index in [0.29, 0.717) is 5.11 Å². The molecule has 0 unspecified atom stereocenters. The Labute approximate surface area is 259 Å². The second kappa shape index (κ2) is 12.3. The van der Waals surface area contributed by atoms with Crippen LogP contribution in [0.5, 0.6) is 11.5 Å². The van der Waals surface area contributed by atoms with Gasteiger partial charge in [0.1, 0.15) is 11.5 Å². The molecule has 7 heteroatoms. The molecule has 1 N–H and O–H groups in total. The van der Waals surface area contributed by atoms with Gasteiger partial charge in [0.25, 0.3) is 0 Å². The van der Waals surface area contributed by atoms with Gasteiger partial charge in [0.15, 0.2) is 5.11 Å². The van der Waals surface area contributed by atoms with E-state index in [-0.39, 0.29) is 12.1 Å². The van der Waals surface area contributed by atoms with Crippen LogP contribution in [0.1, 0.15) is 48.6 Å². The van der Waals surface area contributed by atoms with Crippen LogP contribution in [0.2, 0.25) is 0 Å². The highest BCUT2D eigenvalue weighted by Crippen LogP contribution is 2.44. The fourth-order valence-corrected chi connectivity index (χ4v) is 6.48. The summed E-state index contributed by atoms with van der Waals surface area (Å²) < 4.78 is 8.41. The normalized spacial score (nSPS) is 16.3. The number of para-hydroxylation sites is 1. The van der Waals surface area contributed by atoms with Gasteiger partial charge in [-0.25, -0.2) is 0 Å². The first kappa shape index (κ1) is 28.5. The molecule has 6 nitrogen and oxygen atoms in total. The van der Waals surface area contributed by atoms with Crippen molar-refractivity contribution in [2.45, 2.75) is 39.8 Å². The molecule has 43 heavy (non-hydrogen) atoms. The van der Waals surface area contributed by atoms with Crippen molar-refractivity contribution in [1.29, 1.82) is 0 Å². The fraction of sp³-hybridized carbons (Fsp3) is 0.222. The molecule has 1 saturated heterocycles. The van der Waals surface area contributed by atoms with E-state index in [1.165, 1.54) is 22.6 Å². The molecule has 218 valence electrons. The fourth-order valence-electron chi connectivity index (χ4n) is 6.13. The minimum atomic E-state index is -0.118. The molecule has 1 aliphatic rings. The lowest BCUT2D eigenvalue weighted by Crippen LogP contribution is -2.29. The first-order valence-corrected chi connectivity index (χ1v) is 15.3. The van der Waals surface area contributed by atoms with Crippen LogP contribution >= 0.6 is 12.2 Å². The standard InChI is InChI=1S/C36H37N5OS/c1-5-39(6-2)27-15-17-28(18-16-27)40-25(3)24-32(26(40)4)35-34(33-14-10-11-23-37-33)38-36(43)41(35)29-19-21-31(22-20-29)42-30-12-8-7-9-13-30/h7-24,34-35H,5-6H2,1-4H3,(H,38,43)/t34-,35-/m0/s1. The number of aromatic nitrogens is 2. The van der Waals surface area contributed by atoms with Gasteiger partial charge in [-0.2, -0.15) is 0 Å². The minimum Gasteiger partial charge on any atom is -0.457 e. The number of pyridine rings is 1. The Kier molecular flexibility index (Phi) is 8.16. The third-order valence-electron chi connectivity index (χ3n) is 8.22. The molecule has 0 amide bonds. The van der Waals surface area contributed by atoms with Crippen molar-refractivity contribution < 1.29 is 4.74 Å². The van der Waals surface area contributed by atoms with E-state index in [9.17, 15) is 0 Å². The highest BCUT2D eigenvalue weighted by atomic mass is 32.1. The van der Waals surface area contributed by atoms with Crippen molar-refractivity contribution in [3.8, 4) is 17.2 Å². The lowest BCUT2D eigenvalue weighted by atomic mass is 9.96. The molecule has 0 aliphatic carbocycles. The molecule has 0 saturated carbocycles. The predicted molar refractivity (Wildman–Crippen MR) is 180 cm³/mol. The van der Waals surface area contributed by atoms with Gasteiger partial charge in [-0.05, 0) is 124 Å². The van der Waals surface area contributed by atoms with Gasteiger partial charge < -0.3 is 24.4 Å². The summed E-state index contributed by atoms with van der Waals surface area (Å²) >= 11 is 6.00. The van der Waals surface area contributed by atoms with Gasteiger partial charge in [-0.15, -0.1) is 0 Å². The van der Waals surface area contributed by atoms with Crippen molar-refractivity contribution >= 4 is 28.7 Å². The maximum Gasteiger partial charge on any atom is 0.174 e. The average molecular weight is 588 g/mol. The summed E-state index contributed by atoms with van der Waals surface area (Å²) in [4.78, 5) is 9.32. The number of nitrogens with zero attached hydrogens (tertiary/aromatic N) is 4. The molecule has 0 radical (unpaired) electrons. The van der Waals surface area contributed by atoms with E-state index in [4.69, 9.17) is 21.9 Å². The molecule has 3 aromatic carbocycles. The lowest BCUT2D eigenvalue weighted by molar-refractivity contribution is 0.482. The van der Waals surface area contributed by atoms with Gasteiger partial charge in [-0.1, -0.05) is 24.3 Å². The SMILES string of the molecule is CCN(CC)c1ccc(-n2c(C)cc([C@H]3[C@H](c4ccccn4)NC(=S)N3c3ccc(Oc4ccccc4)cc3)c2C)cc1. The average Bonchev–Trinajstić information content (AvgIpc) is 3.54. The van der Waals surface area contributed by atoms with Crippen LogP contribution in [0.3, 0.4) is 0 Å². The Morgan fingerprint density at radius 1 is 0.814 bits per heavy atom. The number of rotatable bonds is 9. The zero-order valence-corrected chi connectivity index (χ0v) is 25.9.